The third-order valence-electron chi connectivity index (χ3n) is 5.21. The highest BCUT2D eigenvalue weighted by Crippen LogP contribution is 2.36. The number of pyridine rings is 1. The molecule has 7 nitrogen and oxygen atoms in total. The second-order valence-electron chi connectivity index (χ2n) is 7.26. The lowest BCUT2D eigenvalue weighted by molar-refractivity contribution is 0.0931. The quantitative estimate of drug-likeness (QED) is 0.653. The topological polar surface area (TPSA) is 101 Å². The van der Waals surface area contributed by atoms with Gasteiger partial charge in [0.05, 0.1) is 19.3 Å². The van der Waals surface area contributed by atoms with E-state index in [2.05, 4.69) is 4.98 Å². The number of Topliss-reactive ketones (excluding diaryl/α,β-unsaturated/α-hetero) is 1. The summed E-state index contributed by atoms with van der Waals surface area (Å²) in [6, 6.07) is 12.4. The number of nitrogens with zero attached hydrogens (tertiary/aromatic N) is 1. The van der Waals surface area contributed by atoms with Gasteiger partial charge < -0.3 is 19.9 Å². The molecule has 0 unspecified atom stereocenters. The van der Waals surface area contributed by atoms with Crippen LogP contribution in [0.2, 0.25) is 0 Å². The minimum atomic E-state index is -0.504. The van der Waals surface area contributed by atoms with Crippen LogP contribution in [-0.2, 0) is 6.42 Å². The summed E-state index contributed by atoms with van der Waals surface area (Å²) in [7, 11) is 1.55. The van der Waals surface area contributed by atoms with Crippen LogP contribution in [0.3, 0.4) is 0 Å². The van der Waals surface area contributed by atoms with E-state index in [9.17, 15) is 9.59 Å². The molecule has 0 radical (unpaired) electrons. The van der Waals surface area contributed by atoms with Crippen molar-refractivity contribution >= 4 is 11.7 Å². The van der Waals surface area contributed by atoms with Crippen molar-refractivity contribution in [2.45, 2.75) is 19.8 Å². The molecular weight excluding hydrogens is 396 g/mol. The number of hydrogen-bond donors (Lipinski definition) is 1. The van der Waals surface area contributed by atoms with E-state index in [0.717, 1.165) is 16.7 Å². The molecule has 158 valence electrons. The number of fused-ring (bicyclic) bond motifs is 1. The summed E-state index contributed by atoms with van der Waals surface area (Å²) >= 11 is 0. The van der Waals surface area contributed by atoms with E-state index in [4.69, 9.17) is 19.9 Å². The van der Waals surface area contributed by atoms with E-state index in [1.807, 2.05) is 25.1 Å². The van der Waals surface area contributed by atoms with Gasteiger partial charge in [-0.3, -0.25) is 9.59 Å². The Balaban J connectivity index is 1.57. The largest absolute Gasteiger partial charge is 0.496 e. The molecule has 2 heterocycles. The van der Waals surface area contributed by atoms with Crippen LogP contribution in [0.5, 0.6) is 23.1 Å². The van der Waals surface area contributed by atoms with E-state index in [-0.39, 0.29) is 5.78 Å². The van der Waals surface area contributed by atoms with Crippen LogP contribution in [0.1, 0.15) is 43.8 Å². The van der Waals surface area contributed by atoms with Gasteiger partial charge in [-0.15, -0.1) is 0 Å². The maximum atomic E-state index is 12.1. The van der Waals surface area contributed by atoms with Gasteiger partial charge in [-0.1, -0.05) is 6.07 Å². The number of rotatable bonds is 6. The van der Waals surface area contributed by atoms with Crippen molar-refractivity contribution in [3.05, 3.63) is 76.5 Å². The minimum Gasteiger partial charge on any atom is -0.496 e. The third kappa shape index (κ3) is 4.21. The normalized spacial score (nSPS) is 12.6. The summed E-state index contributed by atoms with van der Waals surface area (Å²) in [6.45, 7) is 2.24. The molecular formula is C24H22N2O5. The van der Waals surface area contributed by atoms with Crippen LogP contribution in [-0.4, -0.2) is 30.4 Å². The fraction of sp³-hybridized carbons (Fsp3) is 0.208. The van der Waals surface area contributed by atoms with Crippen LogP contribution in [0.15, 0.2) is 48.7 Å². The lowest BCUT2D eigenvalue weighted by Crippen LogP contribution is -2.16. The van der Waals surface area contributed by atoms with Crippen LogP contribution < -0.4 is 19.9 Å². The van der Waals surface area contributed by atoms with Crippen LogP contribution in [0.4, 0.5) is 0 Å². The number of methoxy groups -OCH3 is 1. The molecule has 1 aromatic heterocycles. The maximum absolute atomic E-state index is 12.1. The summed E-state index contributed by atoms with van der Waals surface area (Å²) < 4.78 is 17.1. The number of carbonyl (C=O) groups is 2. The highest BCUT2D eigenvalue weighted by Gasteiger charge is 2.22. The van der Waals surface area contributed by atoms with Gasteiger partial charge in [0.1, 0.15) is 17.2 Å². The summed E-state index contributed by atoms with van der Waals surface area (Å²) in [6.07, 6.45) is 2.62. The predicted molar refractivity (Wildman–Crippen MR) is 114 cm³/mol. The number of benzene rings is 2. The van der Waals surface area contributed by atoms with E-state index in [1.165, 1.54) is 0 Å². The van der Waals surface area contributed by atoms with Crippen molar-refractivity contribution < 1.29 is 23.8 Å². The number of nitrogens with two attached hydrogens (primary N) is 1. The Kier molecular flexibility index (Phi) is 5.58. The van der Waals surface area contributed by atoms with Crippen molar-refractivity contribution in [3.8, 4) is 23.1 Å². The van der Waals surface area contributed by atoms with Crippen LogP contribution in [0, 0.1) is 6.92 Å². The van der Waals surface area contributed by atoms with E-state index in [0.29, 0.717) is 53.7 Å². The molecule has 0 bridgehead atoms. The second kappa shape index (κ2) is 8.47. The fourth-order valence-electron chi connectivity index (χ4n) is 3.56. The summed E-state index contributed by atoms with van der Waals surface area (Å²) in [4.78, 5) is 27.8. The van der Waals surface area contributed by atoms with Crippen LogP contribution >= 0.6 is 0 Å². The van der Waals surface area contributed by atoms with E-state index < -0.39 is 5.91 Å². The van der Waals surface area contributed by atoms with Crippen molar-refractivity contribution in [3.63, 3.8) is 0 Å². The average Bonchev–Trinajstić information content (AvgIpc) is 2.76. The van der Waals surface area contributed by atoms with E-state index >= 15 is 0 Å². The first-order valence-electron chi connectivity index (χ1n) is 9.85. The van der Waals surface area contributed by atoms with Gasteiger partial charge in [-0.25, -0.2) is 4.98 Å². The zero-order valence-corrected chi connectivity index (χ0v) is 17.3. The Hall–Kier alpha value is -3.87. The molecule has 0 atom stereocenters. The third-order valence-corrected chi connectivity index (χ3v) is 5.21. The van der Waals surface area contributed by atoms with Crippen LogP contribution in [0.25, 0.3) is 0 Å². The van der Waals surface area contributed by atoms with Gasteiger partial charge in [0.15, 0.2) is 5.78 Å². The van der Waals surface area contributed by atoms with E-state index in [1.54, 1.807) is 37.6 Å². The first-order valence-corrected chi connectivity index (χ1v) is 9.85. The molecule has 2 aromatic carbocycles. The molecule has 0 fully saturated rings. The van der Waals surface area contributed by atoms with Gasteiger partial charge in [0.2, 0.25) is 11.8 Å². The monoisotopic (exact) mass is 418 g/mol. The zero-order valence-electron chi connectivity index (χ0n) is 17.3. The highest BCUT2D eigenvalue weighted by atomic mass is 16.5. The molecule has 1 aliphatic rings. The van der Waals surface area contributed by atoms with Gasteiger partial charge in [0.25, 0.3) is 0 Å². The lowest BCUT2D eigenvalue weighted by atomic mass is 10.0. The molecule has 0 saturated carbocycles. The number of primary amides is 1. The molecule has 7 heteroatoms. The number of carbonyl (C=O) groups excluding carboxylic acids is 2. The zero-order chi connectivity index (χ0) is 22.0. The summed E-state index contributed by atoms with van der Waals surface area (Å²) in [5.41, 5.74) is 8.95. The lowest BCUT2D eigenvalue weighted by Gasteiger charge is -2.20. The van der Waals surface area contributed by atoms with Gasteiger partial charge in [-0.05, 0) is 48.4 Å². The second-order valence-corrected chi connectivity index (χ2v) is 7.26. The highest BCUT2D eigenvalue weighted by molar-refractivity contribution is 6.00. The molecule has 0 saturated heterocycles. The van der Waals surface area contributed by atoms with Crippen molar-refractivity contribution in [1.29, 1.82) is 0 Å². The van der Waals surface area contributed by atoms with Gasteiger partial charge in [-0.2, -0.15) is 0 Å². The Morgan fingerprint density at radius 3 is 2.77 bits per heavy atom. The smallest absolute Gasteiger partial charge is 0.248 e. The maximum Gasteiger partial charge on any atom is 0.248 e. The molecule has 0 aliphatic carbocycles. The minimum absolute atomic E-state index is 0.0762. The molecule has 0 spiro atoms. The Morgan fingerprint density at radius 1 is 1.16 bits per heavy atom. The SMILES string of the molecule is COc1cc(C(N)=O)ccc1Cc1ccnc(Oc2ccc3c(c2C)OCCC3=O)c1. The average molecular weight is 418 g/mol. The number of amides is 1. The molecule has 31 heavy (non-hydrogen) atoms. The Bertz CT molecular complexity index is 1170. The number of aromatic nitrogens is 1. The van der Waals surface area contributed by atoms with Crippen molar-refractivity contribution in [1.82, 2.24) is 4.98 Å². The Morgan fingerprint density at radius 2 is 2.00 bits per heavy atom. The molecule has 1 aliphatic heterocycles. The first-order chi connectivity index (χ1) is 15.0. The standard InChI is InChI=1S/C24H22N2O5/c1-14-20(6-5-18-19(27)8-10-30-23(14)18)31-22-12-15(7-9-26-22)11-16-3-4-17(24(25)28)13-21(16)29-2/h3-7,9,12-13H,8,10-11H2,1-2H3,(H2,25,28). The van der Waals surface area contributed by atoms with Gasteiger partial charge in [0, 0.05) is 36.2 Å². The number of ether oxygens (including phenoxy) is 3. The first kappa shape index (κ1) is 20.4. The van der Waals surface area contributed by atoms with Crippen molar-refractivity contribution in [2.24, 2.45) is 5.73 Å². The summed E-state index contributed by atoms with van der Waals surface area (Å²) in [5.74, 6) is 1.74. The fourth-order valence-corrected chi connectivity index (χ4v) is 3.56. The Labute approximate surface area is 179 Å². The molecule has 4 rings (SSSR count). The summed E-state index contributed by atoms with van der Waals surface area (Å²) in [5, 5.41) is 0. The predicted octanol–water partition coefficient (Wildman–Crippen LogP) is 3.85. The number of ketones is 1. The molecule has 3 aromatic rings. The molecule has 2 N–H and O–H groups in total. The number of hydrogen-bond acceptors (Lipinski definition) is 6. The van der Waals surface area contributed by atoms with Gasteiger partial charge >= 0.3 is 0 Å². The van der Waals surface area contributed by atoms with Crippen molar-refractivity contribution in [2.75, 3.05) is 13.7 Å². The molecule has 1 amide bonds.